The van der Waals surface area contributed by atoms with Crippen molar-refractivity contribution < 1.29 is 4.21 Å². The van der Waals surface area contributed by atoms with Crippen LogP contribution >= 0.6 is 15.9 Å². The summed E-state index contributed by atoms with van der Waals surface area (Å²) in [6, 6.07) is 3.74. The van der Waals surface area contributed by atoms with Gasteiger partial charge in [0.05, 0.1) is 16.2 Å². The molecule has 0 saturated carbocycles. The summed E-state index contributed by atoms with van der Waals surface area (Å²) in [6.07, 6.45) is 1.70. The van der Waals surface area contributed by atoms with E-state index in [-0.39, 0.29) is 4.75 Å². The van der Waals surface area contributed by atoms with Gasteiger partial charge in [-0.3, -0.25) is 4.98 Å². The standard InChI is InChI=1S/C11H15BrN2OS/c1-8(14-16(15)11(2,3)4)10-6-5-9(12)7-13-10/h5-7H,1-4H3/b14-8+/t16-/m0/s1. The summed E-state index contributed by atoms with van der Waals surface area (Å²) in [6.45, 7) is 7.51. The van der Waals surface area contributed by atoms with Crippen molar-refractivity contribution in [3.05, 3.63) is 28.5 Å². The molecule has 0 N–H and O–H groups in total. The lowest BCUT2D eigenvalue weighted by Gasteiger charge is -2.13. The van der Waals surface area contributed by atoms with Gasteiger partial charge in [-0.2, -0.15) is 4.40 Å². The molecule has 5 heteroatoms. The average Bonchev–Trinajstić information content (AvgIpc) is 2.17. The zero-order chi connectivity index (χ0) is 12.3. The van der Waals surface area contributed by atoms with Crippen LogP contribution in [0.15, 0.2) is 27.2 Å². The summed E-state index contributed by atoms with van der Waals surface area (Å²) in [4.78, 5) is 4.20. The Morgan fingerprint density at radius 3 is 2.50 bits per heavy atom. The Balaban J connectivity index is 2.94. The van der Waals surface area contributed by atoms with Gasteiger partial charge in [0.15, 0.2) is 0 Å². The highest BCUT2D eigenvalue weighted by Crippen LogP contribution is 2.14. The molecule has 1 aromatic rings. The number of aromatic nitrogens is 1. The zero-order valence-electron chi connectivity index (χ0n) is 9.82. The molecule has 88 valence electrons. The third kappa shape index (κ3) is 3.79. The minimum atomic E-state index is -1.24. The first-order valence-electron chi connectivity index (χ1n) is 4.90. The SMILES string of the molecule is C/C(=N\[S@@](=O)C(C)(C)C)c1ccc(Br)cn1. The lowest BCUT2D eigenvalue weighted by Crippen LogP contribution is -2.20. The lowest BCUT2D eigenvalue weighted by molar-refractivity contribution is 0.650. The van der Waals surface area contributed by atoms with Gasteiger partial charge < -0.3 is 0 Å². The van der Waals surface area contributed by atoms with Gasteiger partial charge in [-0.15, -0.1) is 0 Å². The largest absolute Gasteiger partial charge is 0.254 e. The predicted octanol–water partition coefficient (Wildman–Crippen LogP) is 3.12. The Bertz CT molecular complexity index is 421. The Morgan fingerprint density at radius 1 is 1.44 bits per heavy atom. The van der Waals surface area contributed by atoms with Crippen LogP contribution in [0.2, 0.25) is 0 Å². The van der Waals surface area contributed by atoms with Crippen LogP contribution in [0.4, 0.5) is 0 Å². The van der Waals surface area contributed by atoms with E-state index in [1.54, 1.807) is 6.20 Å². The number of rotatable bonds is 2. The summed E-state index contributed by atoms with van der Waals surface area (Å²) in [5, 5.41) is 0. The van der Waals surface area contributed by atoms with Gasteiger partial charge in [-0.1, -0.05) is 0 Å². The van der Waals surface area contributed by atoms with Crippen molar-refractivity contribution in [2.75, 3.05) is 0 Å². The van der Waals surface area contributed by atoms with Crippen molar-refractivity contribution >= 4 is 32.6 Å². The van der Waals surface area contributed by atoms with E-state index in [2.05, 4.69) is 25.3 Å². The molecule has 1 heterocycles. The number of hydrogen-bond donors (Lipinski definition) is 0. The number of halogens is 1. The molecule has 0 fully saturated rings. The van der Waals surface area contributed by atoms with Gasteiger partial charge in [0, 0.05) is 10.7 Å². The van der Waals surface area contributed by atoms with E-state index in [4.69, 9.17) is 0 Å². The van der Waals surface area contributed by atoms with E-state index in [0.29, 0.717) is 5.71 Å². The molecule has 0 amide bonds. The first-order valence-corrected chi connectivity index (χ1v) is 6.80. The van der Waals surface area contributed by atoms with E-state index in [0.717, 1.165) is 10.2 Å². The summed E-state index contributed by atoms with van der Waals surface area (Å²) in [5.74, 6) is 0. The minimum Gasteiger partial charge on any atom is -0.254 e. The quantitative estimate of drug-likeness (QED) is 0.788. The first-order chi connectivity index (χ1) is 7.30. The molecule has 0 aliphatic carbocycles. The van der Waals surface area contributed by atoms with Crippen LogP contribution in [0.3, 0.4) is 0 Å². The fraction of sp³-hybridized carbons (Fsp3) is 0.455. The molecule has 1 atom stereocenters. The van der Waals surface area contributed by atoms with Crippen LogP contribution in [-0.2, 0) is 11.0 Å². The minimum absolute atomic E-state index is 0.337. The van der Waals surface area contributed by atoms with Crippen LogP contribution in [0.1, 0.15) is 33.4 Å². The van der Waals surface area contributed by atoms with Crippen molar-refractivity contribution in [3.8, 4) is 0 Å². The van der Waals surface area contributed by atoms with Crippen LogP contribution in [-0.4, -0.2) is 19.7 Å². The summed E-state index contributed by atoms with van der Waals surface area (Å²) >= 11 is 3.31. The van der Waals surface area contributed by atoms with Crippen LogP contribution in [0.25, 0.3) is 0 Å². The van der Waals surface area contributed by atoms with E-state index in [1.807, 2.05) is 39.8 Å². The van der Waals surface area contributed by atoms with Crippen LogP contribution in [0.5, 0.6) is 0 Å². The van der Waals surface area contributed by atoms with E-state index >= 15 is 0 Å². The molecule has 0 bridgehead atoms. The van der Waals surface area contributed by atoms with Gasteiger partial charge in [0.25, 0.3) is 0 Å². The van der Waals surface area contributed by atoms with E-state index in [9.17, 15) is 4.21 Å². The molecule has 1 aromatic heterocycles. The highest BCUT2D eigenvalue weighted by molar-refractivity contribution is 9.10. The molecule has 0 saturated heterocycles. The summed E-state index contributed by atoms with van der Waals surface area (Å²) in [5.41, 5.74) is 1.45. The highest BCUT2D eigenvalue weighted by atomic mass is 79.9. The maximum Gasteiger partial charge on any atom is 0.145 e. The van der Waals surface area contributed by atoms with Gasteiger partial charge in [-0.05, 0) is 55.8 Å². The van der Waals surface area contributed by atoms with Crippen molar-refractivity contribution in [2.45, 2.75) is 32.4 Å². The molecule has 1 rings (SSSR count). The molecular weight excluding hydrogens is 288 g/mol. The molecule has 0 spiro atoms. The first kappa shape index (κ1) is 13.5. The zero-order valence-corrected chi connectivity index (χ0v) is 12.2. The maximum absolute atomic E-state index is 11.8. The average molecular weight is 303 g/mol. The van der Waals surface area contributed by atoms with Crippen molar-refractivity contribution in [3.63, 3.8) is 0 Å². The normalized spacial score (nSPS) is 14.9. The summed E-state index contributed by atoms with van der Waals surface area (Å²) in [7, 11) is -1.24. The summed E-state index contributed by atoms with van der Waals surface area (Å²) < 4.78 is 16.5. The highest BCUT2D eigenvalue weighted by Gasteiger charge is 2.19. The second kappa shape index (κ2) is 5.19. The van der Waals surface area contributed by atoms with Crippen LogP contribution in [0, 0.1) is 0 Å². The fourth-order valence-corrected chi connectivity index (χ4v) is 1.75. The maximum atomic E-state index is 11.8. The third-order valence-electron chi connectivity index (χ3n) is 1.84. The van der Waals surface area contributed by atoms with Gasteiger partial charge in [0.1, 0.15) is 11.0 Å². The Kier molecular flexibility index (Phi) is 4.38. The molecule has 0 aromatic carbocycles. The van der Waals surface area contributed by atoms with Crippen molar-refractivity contribution in [2.24, 2.45) is 4.40 Å². The van der Waals surface area contributed by atoms with Gasteiger partial charge >= 0.3 is 0 Å². The van der Waals surface area contributed by atoms with Crippen molar-refractivity contribution in [1.29, 1.82) is 0 Å². The second-order valence-electron chi connectivity index (χ2n) is 4.40. The second-order valence-corrected chi connectivity index (χ2v) is 7.22. The number of hydrogen-bond acceptors (Lipinski definition) is 2. The molecular formula is C11H15BrN2OS. The Morgan fingerprint density at radius 2 is 2.06 bits per heavy atom. The Labute approximate surface area is 107 Å². The predicted molar refractivity (Wildman–Crippen MR) is 72.0 cm³/mol. The van der Waals surface area contributed by atoms with E-state index in [1.165, 1.54) is 0 Å². The smallest absolute Gasteiger partial charge is 0.145 e. The van der Waals surface area contributed by atoms with Crippen LogP contribution < -0.4 is 0 Å². The molecule has 0 unspecified atom stereocenters. The molecule has 0 aliphatic heterocycles. The monoisotopic (exact) mass is 302 g/mol. The van der Waals surface area contributed by atoms with E-state index < -0.39 is 11.0 Å². The molecule has 3 nitrogen and oxygen atoms in total. The van der Waals surface area contributed by atoms with Gasteiger partial charge in [0.2, 0.25) is 0 Å². The fourth-order valence-electron chi connectivity index (χ4n) is 0.898. The Hall–Kier alpha value is -0.550. The third-order valence-corrected chi connectivity index (χ3v) is 3.80. The molecule has 0 aliphatic rings. The van der Waals surface area contributed by atoms with Gasteiger partial charge in [-0.25, -0.2) is 4.21 Å². The number of pyridine rings is 1. The van der Waals surface area contributed by atoms with Crippen molar-refractivity contribution in [1.82, 2.24) is 4.98 Å². The molecule has 16 heavy (non-hydrogen) atoms. The topological polar surface area (TPSA) is 42.3 Å². The number of nitrogens with zero attached hydrogens (tertiary/aromatic N) is 2. The molecule has 0 radical (unpaired) electrons. The lowest BCUT2D eigenvalue weighted by atomic mass is 10.3.